The highest BCUT2D eigenvalue weighted by Crippen LogP contribution is 2.33. The fraction of sp³-hybridized carbons (Fsp3) is 0.227. The van der Waals surface area contributed by atoms with Crippen molar-refractivity contribution in [2.75, 3.05) is 18.0 Å². The number of halogens is 3. The number of rotatable bonds is 4. The number of aromatic nitrogens is 3. The fourth-order valence-electron chi connectivity index (χ4n) is 3.89. The SMILES string of the molecule is O=C(CN1CCCc2ccccc21)c1cc2nc(-c3cccs3)cc(C(F)(F)F)n2n1. The van der Waals surface area contributed by atoms with Crippen LogP contribution in [-0.2, 0) is 12.6 Å². The van der Waals surface area contributed by atoms with Crippen LogP contribution < -0.4 is 4.90 Å². The standard InChI is InChI=1S/C22H17F3N4OS/c23-22(24,25)20-11-16(19-8-4-10-31-19)26-21-12-15(27-29(20)21)18(30)13-28-9-3-6-14-5-1-2-7-17(14)28/h1-2,4-5,7-8,10-12H,3,6,9,13H2. The van der Waals surface area contributed by atoms with E-state index in [0.29, 0.717) is 15.9 Å². The summed E-state index contributed by atoms with van der Waals surface area (Å²) in [7, 11) is 0. The van der Waals surface area contributed by atoms with Gasteiger partial charge in [0.05, 0.1) is 17.1 Å². The minimum Gasteiger partial charge on any atom is -0.364 e. The van der Waals surface area contributed by atoms with Crippen molar-refractivity contribution in [2.24, 2.45) is 0 Å². The monoisotopic (exact) mass is 442 g/mol. The normalized spacial score (nSPS) is 14.1. The molecule has 0 spiro atoms. The van der Waals surface area contributed by atoms with Gasteiger partial charge in [-0.15, -0.1) is 11.3 Å². The minimum atomic E-state index is -4.63. The molecule has 4 aromatic rings. The van der Waals surface area contributed by atoms with Crippen molar-refractivity contribution < 1.29 is 18.0 Å². The van der Waals surface area contributed by atoms with Gasteiger partial charge in [-0.2, -0.15) is 18.3 Å². The topological polar surface area (TPSA) is 50.5 Å². The average molecular weight is 442 g/mol. The van der Waals surface area contributed by atoms with E-state index in [1.807, 2.05) is 29.2 Å². The summed E-state index contributed by atoms with van der Waals surface area (Å²) in [6.07, 6.45) is -2.77. The molecule has 1 aliphatic rings. The van der Waals surface area contributed by atoms with Gasteiger partial charge in [0.25, 0.3) is 0 Å². The zero-order valence-electron chi connectivity index (χ0n) is 16.3. The minimum absolute atomic E-state index is 0.000573. The highest BCUT2D eigenvalue weighted by molar-refractivity contribution is 7.13. The van der Waals surface area contributed by atoms with E-state index >= 15 is 0 Å². The number of anilines is 1. The molecule has 0 atom stereocenters. The quantitative estimate of drug-likeness (QED) is 0.412. The first kappa shape index (κ1) is 19.7. The molecule has 9 heteroatoms. The molecule has 1 aliphatic heterocycles. The van der Waals surface area contributed by atoms with Crippen molar-refractivity contribution in [3.63, 3.8) is 0 Å². The lowest BCUT2D eigenvalue weighted by molar-refractivity contribution is -0.142. The zero-order valence-corrected chi connectivity index (χ0v) is 17.1. The number of thiophene rings is 1. The predicted molar refractivity (Wildman–Crippen MR) is 113 cm³/mol. The molecule has 5 nitrogen and oxygen atoms in total. The molecule has 3 aromatic heterocycles. The van der Waals surface area contributed by atoms with Gasteiger partial charge < -0.3 is 4.90 Å². The van der Waals surface area contributed by atoms with Gasteiger partial charge in [0.1, 0.15) is 5.69 Å². The molecule has 31 heavy (non-hydrogen) atoms. The molecule has 0 aliphatic carbocycles. The highest BCUT2D eigenvalue weighted by atomic mass is 32.1. The summed E-state index contributed by atoms with van der Waals surface area (Å²) in [5.74, 6) is -0.340. The van der Waals surface area contributed by atoms with Crippen molar-refractivity contribution >= 4 is 28.5 Å². The van der Waals surface area contributed by atoms with E-state index in [4.69, 9.17) is 0 Å². The van der Waals surface area contributed by atoms with Crippen LogP contribution in [0.25, 0.3) is 16.2 Å². The van der Waals surface area contributed by atoms with E-state index in [1.54, 1.807) is 17.5 Å². The Labute approximate surface area is 179 Å². The maximum absolute atomic E-state index is 13.7. The Morgan fingerprint density at radius 1 is 1.13 bits per heavy atom. The van der Waals surface area contributed by atoms with Crippen molar-refractivity contribution in [1.29, 1.82) is 0 Å². The second-order valence-corrected chi connectivity index (χ2v) is 8.33. The van der Waals surface area contributed by atoms with Crippen LogP contribution in [0.5, 0.6) is 0 Å². The van der Waals surface area contributed by atoms with Crippen molar-refractivity contribution in [2.45, 2.75) is 19.0 Å². The number of fused-ring (bicyclic) bond motifs is 2. The molecule has 1 aromatic carbocycles. The first-order valence-corrected chi connectivity index (χ1v) is 10.7. The Hall–Kier alpha value is -3.20. The van der Waals surface area contributed by atoms with Crippen LogP contribution in [0.1, 0.15) is 28.2 Å². The van der Waals surface area contributed by atoms with Gasteiger partial charge in [-0.1, -0.05) is 24.3 Å². The van der Waals surface area contributed by atoms with Gasteiger partial charge >= 0.3 is 6.18 Å². The van der Waals surface area contributed by atoms with Crippen LogP contribution in [0, 0.1) is 0 Å². The Morgan fingerprint density at radius 3 is 2.74 bits per heavy atom. The number of hydrogen-bond donors (Lipinski definition) is 0. The molecule has 0 saturated heterocycles. The summed E-state index contributed by atoms with van der Waals surface area (Å²) in [6, 6.07) is 13.6. The summed E-state index contributed by atoms with van der Waals surface area (Å²) in [5.41, 5.74) is 1.38. The van der Waals surface area contributed by atoms with Crippen molar-refractivity contribution in [3.8, 4) is 10.6 Å². The first-order chi connectivity index (χ1) is 14.9. The Bertz CT molecular complexity index is 1260. The largest absolute Gasteiger partial charge is 0.433 e. The highest BCUT2D eigenvalue weighted by Gasteiger charge is 2.36. The number of carbonyl (C=O) groups is 1. The smallest absolute Gasteiger partial charge is 0.364 e. The van der Waals surface area contributed by atoms with E-state index in [9.17, 15) is 18.0 Å². The van der Waals surface area contributed by atoms with Crippen molar-refractivity contribution in [3.05, 3.63) is 70.9 Å². The third-order valence-corrected chi connectivity index (χ3v) is 6.21. The number of para-hydroxylation sites is 1. The molecule has 0 fully saturated rings. The zero-order chi connectivity index (χ0) is 21.6. The lowest BCUT2D eigenvalue weighted by Crippen LogP contribution is -2.34. The number of aryl methyl sites for hydroxylation is 1. The fourth-order valence-corrected chi connectivity index (χ4v) is 4.58. The molecular weight excluding hydrogens is 425 g/mol. The third kappa shape index (κ3) is 3.69. The second-order valence-electron chi connectivity index (χ2n) is 7.38. The van der Waals surface area contributed by atoms with Crippen LogP contribution in [0.15, 0.2) is 53.9 Å². The molecule has 158 valence electrons. The average Bonchev–Trinajstić information content (AvgIpc) is 3.42. The van der Waals surface area contributed by atoms with Crippen LogP contribution in [0.4, 0.5) is 18.9 Å². The first-order valence-electron chi connectivity index (χ1n) is 9.78. The molecule has 0 radical (unpaired) electrons. The van der Waals surface area contributed by atoms with Gasteiger partial charge in [0.15, 0.2) is 11.3 Å². The van der Waals surface area contributed by atoms with Gasteiger partial charge in [-0.3, -0.25) is 4.79 Å². The Kier molecular flexibility index (Phi) is 4.77. The number of carbonyl (C=O) groups excluding carboxylic acids is 1. The molecule has 0 N–H and O–H groups in total. The number of Topliss-reactive ketones (excluding diaryl/α,β-unsaturated/α-hetero) is 1. The summed E-state index contributed by atoms with van der Waals surface area (Å²) in [6.45, 7) is 0.769. The number of hydrogen-bond acceptors (Lipinski definition) is 5. The summed E-state index contributed by atoms with van der Waals surface area (Å²) in [4.78, 5) is 19.8. The van der Waals surface area contributed by atoms with Gasteiger partial charge in [0, 0.05) is 18.3 Å². The predicted octanol–water partition coefficient (Wildman–Crippen LogP) is 5.11. The Balaban J connectivity index is 1.52. The van der Waals surface area contributed by atoms with Gasteiger partial charge in [-0.25, -0.2) is 9.50 Å². The third-order valence-electron chi connectivity index (χ3n) is 5.32. The van der Waals surface area contributed by atoms with Crippen LogP contribution in [0.2, 0.25) is 0 Å². The van der Waals surface area contributed by atoms with Gasteiger partial charge in [0.2, 0.25) is 5.78 Å². The van der Waals surface area contributed by atoms with Crippen LogP contribution in [-0.4, -0.2) is 33.5 Å². The Morgan fingerprint density at radius 2 is 1.97 bits per heavy atom. The summed E-state index contributed by atoms with van der Waals surface area (Å²) < 4.78 is 41.8. The van der Waals surface area contributed by atoms with E-state index in [0.717, 1.165) is 30.2 Å². The number of benzene rings is 1. The maximum Gasteiger partial charge on any atom is 0.433 e. The van der Waals surface area contributed by atoms with Crippen molar-refractivity contribution in [1.82, 2.24) is 14.6 Å². The summed E-state index contributed by atoms with van der Waals surface area (Å²) >= 11 is 1.30. The number of nitrogens with zero attached hydrogens (tertiary/aromatic N) is 4. The van der Waals surface area contributed by atoms with E-state index in [-0.39, 0.29) is 29.4 Å². The molecule has 0 unspecified atom stereocenters. The molecule has 5 rings (SSSR count). The maximum atomic E-state index is 13.7. The molecular formula is C22H17F3N4OS. The molecule has 0 bridgehead atoms. The molecule has 4 heterocycles. The van der Waals surface area contributed by atoms with Crippen LogP contribution >= 0.6 is 11.3 Å². The van der Waals surface area contributed by atoms with E-state index in [1.165, 1.54) is 17.4 Å². The molecule has 0 amide bonds. The summed E-state index contributed by atoms with van der Waals surface area (Å²) in [5, 5.41) is 5.76. The van der Waals surface area contributed by atoms with E-state index in [2.05, 4.69) is 10.1 Å². The number of ketones is 1. The van der Waals surface area contributed by atoms with E-state index < -0.39 is 11.9 Å². The van der Waals surface area contributed by atoms with Gasteiger partial charge in [-0.05, 0) is 42.0 Å². The second kappa shape index (κ2) is 7.49. The lowest BCUT2D eigenvalue weighted by atomic mass is 10.0. The lowest BCUT2D eigenvalue weighted by Gasteiger charge is -2.30. The van der Waals surface area contributed by atoms with Crippen LogP contribution in [0.3, 0.4) is 0 Å². The number of alkyl halides is 3. The molecule has 0 saturated carbocycles.